The molecule has 1 unspecified atom stereocenters. The SMILES string of the molecule is O=C(O)C(CCOc1cccc(Br)c1)c1ccccc1. The van der Waals surface area contributed by atoms with Crippen LogP contribution >= 0.6 is 15.9 Å². The molecular formula is C16H15BrO3. The number of carboxylic acids is 1. The molecule has 0 bridgehead atoms. The number of carbonyl (C=O) groups is 1. The van der Waals surface area contributed by atoms with Gasteiger partial charge < -0.3 is 9.84 Å². The van der Waals surface area contributed by atoms with Gasteiger partial charge in [0.1, 0.15) is 5.75 Å². The van der Waals surface area contributed by atoms with Crippen LogP contribution in [0.2, 0.25) is 0 Å². The van der Waals surface area contributed by atoms with Gasteiger partial charge in [0.05, 0.1) is 12.5 Å². The Labute approximate surface area is 126 Å². The Kier molecular flexibility index (Phi) is 5.18. The highest BCUT2D eigenvalue weighted by Crippen LogP contribution is 2.22. The van der Waals surface area contributed by atoms with Gasteiger partial charge in [0.25, 0.3) is 0 Å². The lowest BCUT2D eigenvalue weighted by Gasteiger charge is -2.13. The van der Waals surface area contributed by atoms with E-state index < -0.39 is 11.9 Å². The zero-order chi connectivity index (χ0) is 14.4. The Morgan fingerprint density at radius 2 is 1.90 bits per heavy atom. The van der Waals surface area contributed by atoms with E-state index in [1.54, 1.807) is 0 Å². The van der Waals surface area contributed by atoms with Gasteiger partial charge in [-0.15, -0.1) is 0 Å². The smallest absolute Gasteiger partial charge is 0.311 e. The quantitative estimate of drug-likeness (QED) is 0.865. The molecule has 0 amide bonds. The summed E-state index contributed by atoms with van der Waals surface area (Å²) >= 11 is 3.37. The van der Waals surface area contributed by atoms with E-state index in [2.05, 4.69) is 15.9 Å². The van der Waals surface area contributed by atoms with E-state index in [1.807, 2.05) is 54.6 Å². The lowest BCUT2D eigenvalue weighted by molar-refractivity contribution is -0.139. The lowest BCUT2D eigenvalue weighted by Crippen LogP contribution is -2.15. The van der Waals surface area contributed by atoms with Crippen LogP contribution in [-0.4, -0.2) is 17.7 Å². The Bertz CT molecular complexity index is 569. The number of halogens is 1. The van der Waals surface area contributed by atoms with Gasteiger partial charge in [-0.3, -0.25) is 4.79 Å². The van der Waals surface area contributed by atoms with E-state index in [4.69, 9.17) is 4.74 Å². The summed E-state index contributed by atoms with van der Waals surface area (Å²) in [5, 5.41) is 9.30. The molecule has 0 aliphatic carbocycles. The lowest BCUT2D eigenvalue weighted by atomic mass is 9.96. The predicted octanol–water partition coefficient (Wildman–Crippen LogP) is 4.09. The molecule has 2 rings (SSSR count). The van der Waals surface area contributed by atoms with E-state index in [0.29, 0.717) is 13.0 Å². The summed E-state index contributed by atoms with van der Waals surface area (Å²) in [6.07, 6.45) is 0.436. The van der Waals surface area contributed by atoms with Crippen LogP contribution in [0.1, 0.15) is 17.9 Å². The molecule has 2 aromatic rings. The van der Waals surface area contributed by atoms with Crippen molar-refractivity contribution in [3.63, 3.8) is 0 Å². The van der Waals surface area contributed by atoms with Crippen molar-refractivity contribution in [2.75, 3.05) is 6.61 Å². The van der Waals surface area contributed by atoms with Crippen LogP contribution < -0.4 is 4.74 Å². The van der Waals surface area contributed by atoms with Crippen molar-refractivity contribution in [1.29, 1.82) is 0 Å². The summed E-state index contributed by atoms with van der Waals surface area (Å²) in [6.45, 7) is 0.363. The Morgan fingerprint density at radius 3 is 2.55 bits per heavy atom. The third-order valence-electron chi connectivity index (χ3n) is 2.97. The van der Waals surface area contributed by atoms with Gasteiger partial charge >= 0.3 is 5.97 Å². The Morgan fingerprint density at radius 1 is 1.15 bits per heavy atom. The summed E-state index contributed by atoms with van der Waals surface area (Å²) in [5.41, 5.74) is 0.804. The maximum Gasteiger partial charge on any atom is 0.311 e. The van der Waals surface area contributed by atoms with Gasteiger partial charge in [-0.1, -0.05) is 52.3 Å². The van der Waals surface area contributed by atoms with Crippen molar-refractivity contribution < 1.29 is 14.6 Å². The summed E-state index contributed by atoms with van der Waals surface area (Å²) in [4.78, 5) is 11.3. The molecule has 4 heteroatoms. The molecule has 1 atom stereocenters. The van der Waals surface area contributed by atoms with E-state index in [9.17, 15) is 9.90 Å². The third kappa shape index (κ3) is 4.10. The van der Waals surface area contributed by atoms with Crippen LogP contribution in [0.5, 0.6) is 5.75 Å². The highest BCUT2D eigenvalue weighted by Gasteiger charge is 2.19. The molecule has 0 saturated carbocycles. The van der Waals surface area contributed by atoms with Crippen LogP contribution in [0.4, 0.5) is 0 Å². The fourth-order valence-electron chi connectivity index (χ4n) is 1.97. The van der Waals surface area contributed by atoms with E-state index in [1.165, 1.54) is 0 Å². The number of rotatable bonds is 6. The van der Waals surface area contributed by atoms with Crippen LogP contribution in [-0.2, 0) is 4.79 Å². The Balaban J connectivity index is 1.95. The highest BCUT2D eigenvalue weighted by atomic mass is 79.9. The van der Waals surface area contributed by atoms with Crippen LogP contribution in [0.3, 0.4) is 0 Å². The van der Waals surface area contributed by atoms with E-state index in [0.717, 1.165) is 15.8 Å². The second-order valence-corrected chi connectivity index (χ2v) is 5.31. The van der Waals surface area contributed by atoms with Crippen molar-refractivity contribution in [3.05, 3.63) is 64.6 Å². The van der Waals surface area contributed by atoms with E-state index in [-0.39, 0.29) is 0 Å². The molecular weight excluding hydrogens is 320 g/mol. The van der Waals surface area contributed by atoms with Crippen molar-refractivity contribution in [3.8, 4) is 5.75 Å². The zero-order valence-electron chi connectivity index (χ0n) is 10.8. The standard InChI is InChI=1S/C16H15BrO3/c17-13-7-4-8-14(11-13)20-10-9-15(16(18)19)12-5-2-1-3-6-12/h1-8,11,15H,9-10H2,(H,18,19). The average Bonchev–Trinajstić information content (AvgIpc) is 2.44. The van der Waals surface area contributed by atoms with Gasteiger partial charge in [-0.05, 0) is 30.2 Å². The minimum Gasteiger partial charge on any atom is -0.494 e. The highest BCUT2D eigenvalue weighted by molar-refractivity contribution is 9.10. The second kappa shape index (κ2) is 7.10. The largest absolute Gasteiger partial charge is 0.494 e. The number of aliphatic carboxylic acids is 1. The minimum atomic E-state index is -0.825. The number of carboxylic acid groups (broad SMARTS) is 1. The zero-order valence-corrected chi connectivity index (χ0v) is 12.4. The molecule has 0 heterocycles. The molecule has 104 valence electrons. The van der Waals surface area contributed by atoms with Crippen LogP contribution in [0.15, 0.2) is 59.1 Å². The van der Waals surface area contributed by atoms with Gasteiger partial charge in [-0.25, -0.2) is 0 Å². The first-order valence-corrected chi connectivity index (χ1v) is 7.12. The van der Waals surface area contributed by atoms with Crippen LogP contribution in [0.25, 0.3) is 0 Å². The average molecular weight is 335 g/mol. The molecule has 0 saturated heterocycles. The van der Waals surface area contributed by atoms with Crippen molar-refractivity contribution in [2.45, 2.75) is 12.3 Å². The first-order valence-electron chi connectivity index (χ1n) is 6.33. The maximum atomic E-state index is 11.3. The molecule has 20 heavy (non-hydrogen) atoms. The number of benzene rings is 2. The molecule has 0 fully saturated rings. The third-order valence-corrected chi connectivity index (χ3v) is 3.46. The molecule has 0 aromatic heterocycles. The number of ether oxygens (including phenoxy) is 1. The minimum absolute atomic E-state index is 0.363. The first kappa shape index (κ1) is 14.6. The van der Waals surface area contributed by atoms with Crippen molar-refractivity contribution in [2.24, 2.45) is 0 Å². The summed E-state index contributed by atoms with van der Waals surface area (Å²) in [5.74, 6) is -0.631. The molecule has 3 nitrogen and oxygen atoms in total. The van der Waals surface area contributed by atoms with Crippen molar-refractivity contribution >= 4 is 21.9 Å². The second-order valence-electron chi connectivity index (χ2n) is 4.40. The summed E-state index contributed by atoms with van der Waals surface area (Å²) in [7, 11) is 0. The van der Waals surface area contributed by atoms with Gasteiger partial charge in [0.15, 0.2) is 0 Å². The van der Waals surface area contributed by atoms with Gasteiger partial charge in [0, 0.05) is 4.47 Å². The Hall–Kier alpha value is -1.81. The maximum absolute atomic E-state index is 11.3. The van der Waals surface area contributed by atoms with Gasteiger partial charge in [0.2, 0.25) is 0 Å². The van der Waals surface area contributed by atoms with Crippen LogP contribution in [0, 0.1) is 0 Å². The molecule has 0 aliphatic rings. The molecule has 0 spiro atoms. The van der Waals surface area contributed by atoms with E-state index >= 15 is 0 Å². The number of hydrogen-bond acceptors (Lipinski definition) is 2. The normalized spacial score (nSPS) is 11.8. The molecule has 2 aromatic carbocycles. The summed E-state index contributed by atoms with van der Waals surface area (Å²) in [6, 6.07) is 16.7. The predicted molar refractivity (Wildman–Crippen MR) is 81.1 cm³/mol. The number of hydrogen-bond donors (Lipinski definition) is 1. The van der Waals surface area contributed by atoms with Crippen molar-refractivity contribution in [1.82, 2.24) is 0 Å². The fraction of sp³-hybridized carbons (Fsp3) is 0.188. The first-order chi connectivity index (χ1) is 9.66. The molecule has 1 N–H and O–H groups in total. The monoisotopic (exact) mass is 334 g/mol. The molecule has 0 aliphatic heterocycles. The fourth-order valence-corrected chi connectivity index (χ4v) is 2.35. The molecule has 0 radical (unpaired) electrons. The van der Waals surface area contributed by atoms with Gasteiger partial charge in [-0.2, -0.15) is 0 Å². The summed E-state index contributed by atoms with van der Waals surface area (Å²) < 4.78 is 6.53. The topological polar surface area (TPSA) is 46.5 Å².